The topological polar surface area (TPSA) is 72.8 Å². The minimum Gasteiger partial charge on any atom is -1.00 e. The van der Waals surface area contributed by atoms with Crippen LogP contribution >= 0.6 is 0 Å². The van der Waals surface area contributed by atoms with Gasteiger partial charge in [0.25, 0.3) is 5.78 Å². The first-order chi connectivity index (χ1) is 9.83. The van der Waals surface area contributed by atoms with Gasteiger partial charge in [-0.3, -0.25) is 4.79 Å². The number of aliphatic hydroxyl groups is 1. The Hall–Kier alpha value is -1.91. The summed E-state index contributed by atoms with van der Waals surface area (Å²) in [6.07, 6.45) is 0.499. The molecule has 1 rings (SSSR count). The zero-order chi connectivity index (χ0) is 16.0. The van der Waals surface area contributed by atoms with Crippen molar-refractivity contribution in [1.82, 2.24) is 0 Å². The Bertz CT molecular complexity index is 581. The quantitative estimate of drug-likeness (QED) is 0.254. The number of halogens is 3. The number of carbonyl (C=O) groups excluding carboxylic acids is 2. The van der Waals surface area contributed by atoms with Gasteiger partial charge in [0.2, 0.25) is 0 Å². The first-order valence-electron chi connectivity index (χ1n) is 5.71. The second-order valence-electron chi connectivity index (χ2n) is 3.67. The molecule has 0 fully saturated rings. The molecule has 1 aromatic carbocycles. The number of ketones is 1. The number of carbonyl (C=O) groups is 2. The van der Waals surface area contributed by atoms with Crippen molar-refractivity contribution in [3.05, 3.63) is 35.7 Å². The predicted molar refractivity (Wildman–Crippen MR) is 66.4 cm³/mol. The summed E-state index contributed by atoms with van der Waals surface area (Å²) in [6, 6.07) is 2.35. The van der Waals surface area contributed by atoms with Crippen LogP contribution in [-0.2, 0) is 14.3 Å². The zero-order valence-corrected chi connectivity index (χ0v) is 11.8. The van der Waals surface area contributed by atoms with Crippen LogP contribution in [0.25, 0.3) is 5.76 Å². The van der Waals surface area contributed by atoms with Crippen molar-refractivity contribution in [2.45, 2.75) is 13.5 Å². The summed E-state index contributed by atoms with van der Waals surface area (Å²) in [4.78, 5) is 22.4. The van der Waals surface area contributed by atoms with Crippen molar-refractivity contribution in [1.29, 1.82) is 0 Å². The predicted octanol–water partition coefficient (Wildman–Crippen LogP) is -0.425. The number of rotatable bonds is 6. The van der Waals surface area contributed by atoms with E-state index in [0.29, 0.717) is 12.1 Å². The van der Waals surface area contributed by atoms with Crippen molar-refractivity contribution >= 4 is 17.5 Å². The normalized spacial score (nSPS) is 10.9. The summed E-state index contributed by atoms with van der Waals surface area (Å²) in [5.74, 6) is -4.67. The van der Waals surface area contributed by atoms with Gasteiger partial charge in [0.05, 0.1) is 6.61 Å². The van der Waals surface area contributed by atoms with E-state index in [1.54, 1.807) is 0 Å². The largest absolute Gasteiger partial charge is 1.00 e. The molecule has 1 N–H and O–H groups in total. The van der Waals surface area contributed by atoms with E-state index in [1.807, 2.05) is 0 Å². The maximum atomic E-state index is 13.2. The van der Waals surface area contributed by atoms with E-state index >= 15 is 0 Å². The molecule has 0 saturated heterocycles. The Morgan fingerprint density at radius 3 is 2.55 bits per heavy atom. The first kappa shape index (κ1) is 20.1. The van der Waals surface area contributed by atoms with Gasteiger partial charge < -0.3 is 16.0 Å². The van der Waals surface area contributed by atoms with E-state index in [9.17, 15) is 27.9 Å². The molecule has 0 bridgehead atoms. The van der Waals surface area contributed by atoms with Crippen molar-refractivity contribution < 1.29 is 57.6 Å². The molecule has 9 heteroatoms. The van der Waals surface area contributed by atoms with E-state index in [2.05, 4.69) is 9.47 Å². The summed E-state index contributed by atoms with van der Waals surface area (Å²) in [7, 11) is 0. The summed E-state index contributed by atoms with van der Waals surface area (Å²) < 4.78 is 45.7. The number of alkyl halides is 2. The first-order valence-corrected chi connectivity index (χ1v) is 5.71. The zero-order valence-electron chi connectivity index (χ0n) is 12.8. The van der Waals surface area contributed by atoms with Crippen LogP contribution in [-0.4, -0.2) is 30.1 Å². The van der Waals surface area contributed by atoms with Crippen molar-refractivity contribution in [2.24, 2.45) is 0 Å². The maximum absolute atomic E-state index is 13.2. The molecule has 0 amide bonds. The minimum atomic E-state index is -3.17. The molecule has 22 heavy (non-hydrogen) atoms. The van der Waals surface area contributed by atoms with Crippen LogP contribution in [0.2, 0.25) is 0 Å². The number of hydrogen-bond donors (Lipinski definition) is 1. The van der Waals surface area contributed by atoms with E-state index in [0.717, 1.165) is 12.1 Å². The maximum Gasteiger partial charge on any atom is 1.00 e. The third-order valence-corrected chi connectivity index (χ3v) is 2.14. The van der Waals surface area contributed by atoms with E-state index in [4.69, 9.17) is 0 Å². The molecule has 0 spiro atoms. The number of benzene rings is 1. The van der Waals surface area contributed by atoms with E-state index in [-0.39, 0.29) is 32.5 Å². The number of ether oxygens (including phenoxy) is 2. The molecular formula is C13H12F3LiO5. The van der Waals surface area contributed by atoms with Crippen LogP contribution in [0.4, 0.5) is 13.2 Å². The Kier molecular flexibility index (Phi) is 8.38. The molecule has 0 aliphatic rings. The molecule has 0 atom stereocenters. The van der Waals surface area contributed by atoms with Crippen molar-refractivity contribution in [2.75, 3.05) is 6.61 Å². The summed E-state index contributed by atoms with van der Waals surface area (Å²) in [6.45, 7) is -1.73. The molecule has 116 valence electrons. The number of hydrogen-bond acceptors (Lipinski definition) is 5. The van der Waals surface area contributed by atoms with E-state index < -0.39 is 35.7 Å². The van der Waals surface area contributed by atoms with Gasteiger partial charge in [-0.05, 0) is 19.1 Å². The molecular weight excluding hydrogens is 300 g/mol. The molecule has 0 saturated carbocycles. The van der Waals surface area contributed by atoms with Gasteiger partial charge in [0.15, 0.2) is 0 Å². The molecule has 0 aliphatic heterocycles. The Morgan fingerprint density at radius 2 is 2.00 bits per heavy atom. The molecule has 0 radical (unpaired) electrons. The fraction of sp³-hybridized carbons (Fsp3) is 0.231. The second-order valence-corrected chi connectivity index (χ2v) is 3.67. The van der Waals surface area contributed by atoms with Crippen LogP contribution in [0.15, 0.2) is 24.3 Å². The smallest absolute Gasteiger partial charge is 1.00 e. The average Bonchev–Trinajstić information content (AvgIpc) is 2.37. The van der Waals surface area contributed by atoms with Crippen LogP contribution in [0.1, 0.15) is 13.9 Å². The minimum absolute atomic E-state index is 0. The third kappa shape index (κ3) is 6.24. The van der Waals surface area contributed by atoms with Crippen LogP contribution < -0.4 is 23.6 Å². The van der Waals surface area contributed by atoms with Gasteiger partial charge in [-0.2, -0.15) is 8.78 Å². The van der Waals surface area contributed by atoms with Gasteiger partial charge in [-0.25, -0.2) is 9.18 Å². The summed E-state index contributed by atoms with van der Waals surface area (Å²) in [5, 5.41) is 9.61. The van der Waals surface area contributed by atoms with Crippen LogP contribution in [0.5, 0.6) is 5.75 Å². The summed E-state index contributed by atoms with van der Waals surface area (Å²) >= 11 is 0. The molecule has 5 nitrogen and oxygen atoms in total. The monoisotopic (exact) mass is 312 g/mol. The summed E-state index contributed by atoms with van der Waals surface area (Å²) in [5.41, 5.74) is -0.303. The average molecular weight is 312 g/mol. The molecule has 0 heterocycles. The Labute approximate surface area is 137 Å². The van der Waals surface area contributed by atoms with Crippen LogP contribution in [0, 0.1) is 5.82 Å². The molecule has 0 aromatic heterocycles. The molecule has 1 aromatic rings. The van der Waals surface area contributed by atoms with Gasteiger partial charge in [-0.15, -0.1) is 0 Å². The second kappa shape index (κ2) is 9.18. The van der Waals surface area contributed by atoms with E-state index in [1.165, 1.54) is 6.92 Å². The standard InChI is InChI=1S/C13H11F3O5.Li.H/c1-2-20-12(19)11(18)6-10(17)7-3-8(14)5-9(4-7)21-13(15)16;;/h3-6,13,17H,2H2,1H3;;/q;+1;-1. The van der Waals surface area contributed by atoms with Gasteiger partial charge in [0, 0.05) is 17.7 Å². The van der Waals surface area contributed by atoms with Crippen molar-refractivity contribution in [3.8, 4) is 5.75 Å². The van der Waals surface area contributed by atoms with Gasteiger partial charge in [-0.1, -0.05) is 0 Å². The Morgan fingerprint density at radius 1 is 1.36 bits per heavy atom. The number of esters is 1. The van der Waals surface area contributed by atoms with Crippen molar-refractivity contribution in [3.63, 3.8) is 0 Å². The SMILES string of the molecule is CCOC(=O)C(=O)C=C(O)c1cc(F)cc(OC(F)F)c1.[H-].[Li+]. The number of aliphatic hydroxyl groups excluding tert-OH is 1. The third-order valence-electron chi connectivity index (χ3n) is 2.14. The van der Waals surface area contributed by atoms with Crippen LogP contribution in [0.3, 0.4) is 0 Å². The fourth-order valence-electron chi connectivity index (χ4n) is 1.35. The molecule has 0 aliphatic carbocycles. The Balaban J connectivity index is 0. The van der Waals surface area contributed by atoms with Gasteiger partial charge >= 0.3 is 31.4 Å². The fourth-order valence-corrected chi connectivity index (χ4v) is 1.35. The molecule has 0 unspecified atom stereocenters. The van der Waals surface area contributed by atoms with Gasteiger partial charge in [0.1, 0.15) is 17.3 Å².